The lowest BCUT2D eigenvalue weighted by Gasteiger charge is -2.29. The van der Waals surface area contributed by atoms with E-state index < -0.39 is 0 Å². The molecule has 2 rings (SSSR count). The summed E-state index contributed by atoms with van der Waals surface area (Å²) < 4.78 is 8.06. The van der Waals surface area contributed by atoms with Gasteiger partial charge in [-0.2, -0.15) is 5.10 Å². The fourth-order valence-electron chi connectivity index (χ4n) is 2.78. The van der Waals surface area contributed by atoms with E-state index in [-0.39, 0.29) is 12.1 Å². The predicted octanol–water partition coefficient (Wildman–Crippen LogP) is 3.41. The van der Waals surface area contributed by atoms with Gasteiger partial charge in [0, 0.05) is 13.2 Å². The van der Waals surface area contributed by atoms with Gasteiger partial charge in [-0.05, 0) is 38.6 Å². The average Bonchev–Trinajstić information content (AvgIpc) is 3.20. The highest BCUT2D eigenvalue weighted by molar-refractivity contribution is 6.31. The molecule has 0 radical (unpaired) electrons. The van der Waals surface area contributed by atoms with Gasteiger partial charge in [-0.3, -0.25) is 4.68 Å². The molecule has 1 aliphatic carbocycles. The standard InChI is InChI=1S/C15H26ClN3O/c1-4-9-19-14(12(16)10-18-19)13(17-5-2)15(20-6-3)11-7-8-11/h10-11,13,15,17H,4-9H2,1-3H3. The van der Waals surface area contributed by atoms with Crippen molar-refractivity contribution in [3.63, 3.8) is 0 Å². The molecule has 0 aliphatic heterocycles. The van der Waals surface area contributed by atoms with Crippen molar-refractivity contribution in [3.05, 3.63) is 16.9 Å². The zero-order valence-electron chi connectivity index (χ0n) is 12.7. The Kier molecular flexibility index (Phi) is 5.87. The van der Waals surface area contributed by atoms with Crippen LogP contribution in [0.2, 0.25) is 5.02 Å². The summed E-state index contributed by atoms with van der Waals surface area (Å²) >= 11 is 6.40. The Bertz CT molecular complexity index is 417. The van der Waals surface area contributed by atoms with Gasteiger partial charge >= 0.3 is 0 Å². The summed E-state index contributed by atoms with van der Waals surface area (Å²) in [6.07, 6.45) is 5.52. The first-order valence-electron chi connectivity index (χ1n) is 7.79. The molecule has 1 aromatic rings. The molecular weight excluding hydrogens is 274 g/mol. The van der Waals surface area contributed by atoms with E-state index in [2.05, 4.69) is 31.2 Å². The van der Waals surface area contributed by atoms with Crippen LogP contribution in [0.4, 0.5) is 0 Å². The number of aryl methyl sites for hydroxylation is 1. The van der Waals surface area contributed by atoms with E-state index in [1.165, 1.54) is 12.8 Å². The third-order valence-electron chi connectivity index (χ3n) is 3.76. The van der Waals surface area contributed by atoms with Crippen molar-refractivity contribution in [2.24, 2.45) is 5.92 Å². The number of ether oxygens (including phenoxy) is 1. The molecular formula is C15H26ClN3O. The Labute approximate surface area is 126 Å². The zero-order chi connectivity index (χ0) is 14.5. The minimum absolute atomic E-state index is 0.133. The van der Waals surface area contributed by atoms with E-state index in [0.717, 1.165) is 36.8 Å². The van der Waals surface area contributed by atoms with Gasteiger partial charge in [-0.15, -0.1) is 0 Å². The molecule has 0 bridgehead atoms. The predicted molar refractivity (Wildman–Crippen MR) is 82.1 cm³/mol. The molecule has 1 saturated carbocycles. The van der Waals surface area contributed by atoms with Crippen molar-refractivity contribution >= 4 is 11.6 Å². The quantitative estimate of drug-likeness (QED) is 0.759. The fourth-order valence-corrected chi connectivity index (χ4v) is 3.04. The summed E-state index contributed by atoms with van der Waals surface area (Å²) in [4.78, 5) is 0. The fraction of sp³-hybridized carbons (Fsp3) is 0.800. The van der Waals surface area contributed by atoms with Gasteiger partial charge in [0.15, 0.2) is 0 Å². The number of hydrogen-bond acceptors (Lipinski definition) is 3. The minimum atomic E-state index is 0.133. The molecule has 2 atom stereocenters. The first kappa shape index (κ1) is 15.8. The van der Waals surface area contributed by atoms with Crippen molar-refractivity contribution in [2.75, 3.05) is 13.2 Å². The van der Waals surface area contributed by atoms with Gasteiger partial charge in [0.2, 0.25) is 0 Å². The van der Waals surface area contributed by atoms with Gasteiger partial charge in [0.25, 0.3) is 0 Å². The van der Waals surface area contributed by atoms with E-state index in [1.807, 2.05) is 4.68 Å². The SMILES string of the molecule is CCCn1ncc(Cl)c1C(NCC)C(OCC)C1CC1. The van der Waals surface area contributed by atoms with Crippen LogP contribution in [0.15, 0.2) is 6.20 Å². The topological polar surface area (TPSA) is 39.1 Å². The largest absolute Gasteiger partial charge is 0.376 e. The van der Waals surface area contributed by atoms with Gasteiger partial charge in [-0.25, -0.2) is 0 Å². The van der Waals surface area contributed by atoms with E-state index >= 15 is 0 Å². The van der Waals surface area contributed by atoms with Crippen LogP contribution in [-0.4, -0.2) is 29.0 Å². The van der Waals surface area contributed by atoms with Crippen molar-refractivity contribution in [3.8, 4) is 0 Å². The third kappa shape index (κ3) is 3.54. The Balaban J connectivity index is 2.28. The highest BCUT2D eigenvalue weighted by Gasteiger charge is 2.39. The van der Waals surface area contributed by atoms with E-state index in [0.29, 0.717) is 5.92 Å². The third-order valence-corrected chi connectivity index (χ3v) is 4.05. The monoisotopic (exact) mass is 299 g/mol. The van der Waals surface area contributed by atoms with Gasteiger partial charge in [0.1, 0.15) is 0 Å². The molecule has 0 aromatic carbocycles. The van der Waals surface area contributed by atoms with Gasteiger partial charge in [-0.1, -0.05) is 25.4 Å². The van der Waals surface area contributed by atoms with Crippen LogP contribution in [-0.2, 0) is 11.3 Å². The number of nitrogens with zero attached hydrogens (tertiary/aromatic N) is 2. The van der Waals surface area contributed by atoms with E-state index in [9.17, 15) is 0 Å². The van der Waals surface area contributed by atoms with Crippen LogP contribution in [0.3, 0.4) is 0 Å². The molecule has 1 heterocycles. The molecule has 2 unspecified atom stereocenters. The number of halogens is 1. The highest BCUT2D eigenvalue weighted by atomic mass is 35.5. The molecule has 20 heavy (non-hydrogen) atoms. The summed E-state index contributed by atoms with van der Waals surface area (Å²) in [5, 5.41) is 8.73. The van der Waals surface area contributed by atoms with Crippen LogP contribution in [0.5, 0.6) is 0 Å². The van der Waals surface area contributed by atoms with E-state index in [1.54, 1.807) is 6.20 Å². The van der Waals surface area contributed by atoms with Crippen LogP contribution in [0.1, 0.15) is 51.8 Å². The second-order valence-corrected chi connectivity index (χ2v) is 5.80. The average molecular weight is 300 g/mol. The number of nitrogens with one attached hydrogen (secondary N) is 1. The first-order valence-corrected chi connectivity index (χ1v) is 8.16. The van der Waals surface area contributed by atoms with Crippen molar-refractivity contribution in [1.82, 2.24) is 15.1 Å². The lowest BCUT2D eigenvalue weighted by Crippen LogP contribution is -2.37. The second-order valence-electron chi connectivity index (χ2n) is 5.39. The normalized spacial score (nSPS) is 18.2. The number of rotatable bonds is 9. The first-order chi connectivity index (χ1) is 9.72. The van der Waals surface area contributed by atoms with Crippen molar-refractivity contribution in [2.45, 2.75) is 58.7 Å². The Hall–Kier alpha value is -0.580. The summed E-state index contributed by atoms with van der Waals surface area (Å²) in [7, 11) is 0. The number of aromatic nitrogens is 2. The number of likely N-dealkylation sites (N-methyl/N-ethyl adjacent to an activating group) is 1. The maximum absolute atomic E-state index is 6.40. The highest BCUT2D eigenvalue weighted by Crippen LogP contribution is 2.41. The molecule has 0 saturated heterocycles. The van der Waals surface area contributed by atoms with Crippen LogP contribution in [0.25, 0.3) is 0 Å². The number of hydrogen-bond donors (Lipinski definition) is 1. The summed E-state index contributed by atoms with van der Waals surface area (Å²) in [5.74, 6) is 0.653. The smallest absolute Gasteiger partial charge is 0.0835 e. The molecule has 5 heteroatoms. The summed E-state index contributed by atoms with van der Waals surface area (Å²) in [6.45, 7) is 8.87. The van der Waals surface area contributed by atoms with Gasteiger partial charge in [0.05, 0.1) is 29.1 Å². The van der Waals surface area contributed by atoms with Crippen molar-refractivity contribution < 1.29 is 4.74 Å². The van der Waals surface area contributed by atoms with Crippen LogP contribution >= 0.6 is 11.6 Å². The molecule has 4 nitrogen and oxygen atoms in total. The van der Waals surface area contributed by atoms with Crippen LogP contribution < -0.4 is 5.32 Å². The molecule has 1 N–H and O–H groups in total. The van der Waals surface area contributed by atoms with Gasteiger partial charge < -0.3 is 10.1 Å². The summed E-state index contributed by atoms with van der Waals surface area (Å²) in [6, 6.07) is 0.133. The molecule has 0 amide bonds. The maximum Gasteiger partial charge on any atom is 0.0835 e. The Morgan fingerprint density at radius 3 is 2.75 bits per heavy atom. The molecule has 1 fully saturated rings. The molecule has 1 aliphatic rings. The Morgan fingerprint density at radius 1 is 1.45 bits per heavy atom. The van der Waals surface area contributed by atoms with Crippen LogP contribution in [0, 0.1) is 5.92 Å². The summed E-state index contributed by atoms with van der Waals surface area (Å²) in [5.41, 5.74) is 1.08. The van der Waals surface area contributed by atoms with E-state index in [4.69, 9.17) is 16.3 Å². The maximum atomic E-state index is 6.40. The van der Waals surface area contributed by atoms with Crippen molar-refractivity contribution in [1.29, 1.82) is 0 Å². The lowest BCUT2D eigenvalue weighted by atomic mass is 10.0. The Morgan fingerprint density at radius 2 is 2.20 bits per heavy atom. The molecule has 1 aromatic heterocycles. The zero-order valence-corrected chi connectivity index (χ0v) is 13.5. The molecule has 114 valence electrons. The second kappa shape index (κ2) is 7.43. The molecule has 0 spiro atoms. The lowest BCUT2D eigenvalue weighted by molar-refractivity contribution is 0.0167. The minimum Gasteiger partial charge on any atom is -0.376 e.